The van der Waals surface area contributed by atoms with Crippen LogP contribution in [0.4, 0.5) is 5.69 Å². The topological polar surface area (TPSA) is 55.6 Å². The molecule has 2 N–H and O–H groups in total. The van der Waals surface area contributed by atoms with Crippen molar-refractivity contribution < 1.29 is 9.53 Å². The molecule has 4 nitrogen and oxygen atoms in total. The molecular formula is C13H18N2O2. The highest BCUT2D eigenvalue weighted by Gasteiger charge is 2.19. The second-order valence-electron chi connectivity index (χ2n) is 4.48. The zero-order chi connectivity index (χ0) is 12.3. The summed E-state index contributed by atoms with van der Waals surface area (Å²) in [6.45, 7) is 3.55. The maximum absolute atomic E-state index is 10.6. The van der Waals surface area contributed by atoms with Crippen LogP contribution in [-0.4, -0.2) is 30.5 Å². The largest absolute Gasteiger partial charge is 0.490 e. The molecule has 0 spiro atoms. The summed E-state index contributed by atoms with van der Waals surface area (Å²) in [6, 6.07) is 5.68. The Hall–Kier alpha value is -1.71. The van der Waals surface area contributed by atoms with Gasteiger partial charge in [-0.1, -0.05) is 0 Å². The van der Waals surface area contributed by atoms with Crippen molar-refractivity contribution in [3.8, 4) is 5.75 Å². The summed E-state index contributed by atoms with van der Waals surface area (Å²) >= 11 is 0. The third kappa shape index (κ3) is 2.90. The van der Waals surface area contributed by atoms with Crippen molar-refractivity contribution in [3.63, 3.8) is 0 Å². The molecule has 0 atom stereocenters. The van der Waals surface area contributed by atoms with Crippen LogP contribution in [0.2, 0.25) is 0 Å². The Morgan fingerprint density at radius 1 is 1.41 bits per heavy atom. The van der Waals surface area contributed by atoms with Crippen LogP contribution in [-0.2, 0) is 4.79 Å². The maximum Gasteiger partial charge on any atom is 0.209 e. The quantitative estimate of drug-likeness (QED) is 0.638. The Kier molecular flexibility index (Phi) is 3.52. The van der Waals surface area contributed by atoms with Gasteiger partial charge >= 0.3 is 0 Å². The van der Waals surface area contributed by atoms with E-state index < -0.39 is 0 Å². The highest BCUT2D eigenvalue weighted by Crippen LogP contribution is 2.24. The van der Waals surface area contributed by atoms with Crippen LogP contribution < -0.4 is 10.5 Å². The molecule has 1 aromatic carbocycles. The highest BCUT2D eigenvalue weighted by atomic mass is 16.5. The van der Waals surface area contributed by atoms with Crippen molar-refractivity contribution in [2.75, 3.05) is 18.8 Å². The first kappa shape index (κ1) is 11.8. The standard InChI is InChI=1S/C13H18N2O2/c1-10-8-11(14)2-3-13(10)17-12-4-6-15(9-16)7-5-12/h2-3,8-9,12H,4-7,14H2,1H3. The van der Waals surface area contributed by atoms with Crippen LogP contribution in [0.1, 0.15) is 18.4 Å². The number of piperidine rings is 1. The number of rotatable bonds is 3. The zero-order valence-corrected chi connectivity index (χ0v) is 10.1. The third-order valence-corrected chi connectivity index (χ3v) is 3.12. The maximum atomic E-state index is 10.6. The van der Waals surface area contributed by atoms with Crippen LogP contribution >= 0.6 is 0 Å². The molecule has 92 valence electrons. The number of anilines is 1. The van der Waals surface area contributed by atoms with Crippen molar-refractivity contribution in [1.29, 1.82) is 0 Å². The average molecular weight is 234 g/mol. The van der Waals surface area contributed by atoms with Crippen molar-refractivity contribution in [1.82, 2.24) is 4.90 Å². The van der Waals surface area contributed by atoms with E-state index in [4.69, 9.17) is 10.5 Å². The summed E-state index contributed by atoms with van der Waals surface area (Å²) in [5.74, 6) is 0.892. The minimum atomic E-state index is 0.202. The van der Waals surface area contributed by atoms with E-state index in [9.17, 15) is 4.79 Å². The van der Waals surface area contributed by atoms with Crippen LogP contribution in [0.3, 0.4) is 0 Å². The Labute approximate surface area is 101 Å². The lowest BCUT2D eigenvalue weighted by molar-refractivity contribution is -0.119. The van der Waals surface area contributed by atoms with Crippen LogP contribution in [0, 0.1) is 6.92 Å². The number of amides is 1. The Balaban J connectivity index is 1.95. The van der Waals surface area contributed by atoms with Crippen LogP contribution in [0.15, 0.2) is 18.2 Å². The molecule has 17 heavy (non-hydrogen) atoms. The molecule has 1 fully saturated rings. The van der Waals surface area contributed by atoms with Gasteiger partial charge in [-0.3, -0.25) is 4.79 Å². The first-order chi connectivity index (χ1) is 8.19. The number of nitrogens with two attached hydrogens (primary N) is 1. The third-order valence-electron chi connectivity index (χ3n) is 3.12. The molecule has 1 heterocycles. The van der Waals surface area contributed by atoms with Gasteiger partial charge in [0.1, 0.15) is 11.9 Å². The van der Waals surface area contributed by atoms with Crippen LogP contribution in [0.25, 0.3) is 0 Å². The Morgan fingerprint density at radius 2 is 2.12 bits per heavy atom. The van der Waals surface area contributed by atoms with Gasteiger partial charge in [-0.2, -0.15) is 0 Å². The first-order valence-electron chi connectivity index (χ1n) is 5.91. The molecular weight excluding hydrogens is 216 g/mol. The van der Waals surface area contributed by atoms with E-state index in [0.29, 0.717) is 0 Å². The lowest BCUT2D eigenvalue weighted by atomic mass is 10.1. The van der Waals surface area contributed by atoms with E-state index in [1.54, 1.807) is 4.90 Å². The summed E-state index contributed by atoms with van der Waals surface area (Å²) in [7, 11) is 0. The molecule has 1 aromatic rings. The fraction of sp³-hybridized carbons (Fsp3) is 0.462. The lowest BCUT2D eigenvalue weighted by Gasteiger charge is -2.30. The molecule has 4 heteroatoms. The number of ether oxygens (including phenoxy) is 1. The van der Waals surface area contributed by atoms with Gasteiger partial charge in [-0.25, -0.2) is 0 Å². The fourth-order valence-corrected chi connectivity index (χ4v) is 2.08. The van der Waals surface area contributed by atoms with Crippen molar-refractivity contribution in [2.24, 2.45) is 0 Å². The van der Waals surface area contributed by atoms with E-state index in [1.165, 1.54) is 0 Å². The molecule has 0 aliphatic carbocycles. The summed E-state index contributed by atoms with van der Waals surface area (Å²) in [4.78, 5) is 12.4. The second-order valence-corrected chi connectivity index (χ2v) is 4.48. The molecule has 0 unspecified atom stereocenters. The summed E-state index contributed by atoms with van der Waals surface area (Å²) in [5, 5.41) is 0. The Morgan fingerprint density at radius 3 is 2.71 bits per heavy atom. The average Bonchev–Trinajstić information content (AvgIpc) is 2.34. The second kappa shape index (κ2) is 5.08. The molecule has 1 saturated heterocycles. The fourth-order valence-electron chi connectivity index (χ4n) is 2.08. The zero-order valence-electron chi connectivity index (χ0n) is 10.1. The minimum absolute atomic E-state index is 0.202. The molecule has 1 aliphatic heterocycles. The number of likely N-dealkylation sites (tertiary alicyclic amines) is 1. The van der Waals surface area contributed by atoms with Gasteiger partial charge in [0.25, 0.3) is 0 Å². The number of carbonyl (C=O) groups is 1. The van der Waals surface area contributed by atoms with Crippen molar-refractivity contribution in [3.05, 3.63) is 23.8 Å². The van der Waals surface area contributed by atoms with E-state index >= 15 is 0 Å². The molecule has 1 aliphatic rings. The number of aryl methyl sites for hydroxylation is 1. The van der Waals surface area contributed by atoms with E-state index in [1.807, 2.05) is 25.1 Å². The SMILES string of the molecule is Cc1cc(N)ccc1OC1CCN(C=O)CC1. The number of hydrogen-bond acceptors (Lipinski definition) is 3. The monoisotopic (exact) mass is 234 g/mol. The molecule has 0 saturated carbocycles. The van der Waals surface area contributed by atoms with Crippen LogP contribution in [0.5, 0.6) is 5.75 Å². The summed E-state index contributed by atoms with van der Waals surface area (Å²) in [5.41, 5.74) is 7.51. The van der Waals surface area contributed by atoms with Gasteiger partial charge in [0, 0.05) is 31.6 Å². The summed E-state index contributed by atoms with van der Waals surface area (Å²) < 4.78 is 5.94. The molecule has 1 amide bonds. The van der Waals surface area contributed by atoms with Gasteiger partial charge in [-0.05, 0) is 30.7 Å². The number of nitrogen functional groups attached to an aromatic ring is 1. The van der Waals surface area contributed by atoms with E-state index in [2.05, 4.69) is 0 Å². The van der Waals surface area contributed by atoms with E-state index in [-0.39, 0.29) is 6.10 Å². The number of nitrogens with zero attached hydrogens (tertiary/aromatic N) is 1. The van der Waals surface area contributed by atoms with Gasteiger partial charge in [0.15, 0.2) is 0 Å². The smallest absolute Gasteiger partial charge is 0.209 e. The molecule has 0 bridgehead atoms. The van der Waals surface area contributed by atoms with Crippen molar-refractivity contribution in [2.45, 2.75) is 25.9 Å². The van der Waals surface area contributed by atoms with Gasteiger partial charge < -0.3 is 15.4 Å². The summed E-state index contributed by atoms with van der Waals surface area (Å²) in [6.07, 6.45) is 2.89. The number of hydrogen-bond donors (Lipinski definition) is 1. The predicted molar refractivity (Wildman–Crippen MR) is 66.9 cm³/mol. The first-order valence-corrected chi connectivity index (χ1v) is 5.91. The predicted octanol–water partition coefficient (Wildman–Crippen LogP) is 1.58. The highest BCUT2D eigenvalue weighted by molar-refractivity contribution is 5.48. The van der Waals surface area contributed by atoms with Crippen molar-refractivity contribution >= 4 is 12.1 Å². The van der Waals surface area contributed by atoms with E-state index in [0.717, 1.165) is 49.3 Å². The molecule has 0 aromatic heterocycles. The van der Waals surface area contributed by atoms with Gasteiger partial charge in [0.2, 0.25) is 6.41 Å². The lowest BCUT2D eigenvalue weighted by Crippen LogP contribution is -2.37. The Bertz CT molecular complexity index is 398. The number of carbonyl (C=O) groups excluding carboxylic acids is 1. The van der Waals surface area contributed by atoms with Gasteiger partial charge in [-0.15, -0.1) is 0 Å². The van der Waals surface area contributed by atoms with Gasteiger partial charge in [0.05, 0.1) is 0 Å². The minimum Gasteiger partial charge on any atom is -0.490 e. The molecule has 2 rings (SSSR count). The molecule has 0 radical (unpaired) electrons. The number of benzene rings is 1. The normalized spacial score (nSPS) is 16.9.